The van der Waals surface area contributed by atoms with Gasteiger partial charge in [-0.25, -0.2) is 0 Å². The van der Waals surface area contributed by atoms with Crippen LogP contribution in [0.15, 0.2) is 77.4 Å². The maximum atomic E-state index is 10.8. The first-order valence-corrected chi connectivity index (χ1v) is 7.05. The average Bonchev–Trinajstić information content (AvgIpc) is 2.56. The second-order valence-electron chi connectivity index (χ2n) is 4.72. The molecule has 0 aliphatic rings. The Morgan fingerprint density at radius 1 is 1.00 bits per heavy atom. The number of para-hydroxylation sites is 2. The molecule has 0 aromatic heterocycles. The predicted octanol–water partition coefficient (Wildman–Crippen LogP) is 4.25. The lowest BCUT2D eigenvalue weighted by Gasteiger charge is -2.03. The summed E-state index contributed by atoms with van der Waals surface area (Å²) in [6.07, 6.45) is 3.99. The fourth-order valence-electron chi connectivity index (χ4n) is 1.81. The maximum Gasteiger partial charge on any atom is 0.303 e. The van der Waals surface area contributed by atoms with Crippen LogP contribution in [-0.2, 0) is 4.79 Å². The fourth-order valence-corrected chi connectivity index (χ4v) is 1.81. The first-order valence-electron chi connectivity index (χ1n) is 7.05. The SMILES string of the molecule is O=C(O)CCC(C=Nc1ccccc1)=CNc1ccccc1. The molecule has 0 radical (unpaired) electrons. The Hall–Kier alpha value is -2.88. The van der Waals surface area contributed by atoms with E-state index >= 15 is 0 Å². The molecule has 22 heavy (non-hydrogen) atoms. The van der Waals surface area contributed by atoms with E-state index in [0.29, 0.717) is 6.42 Å². The summed E-state index contributed by atoms with van der Waals surface area (Å²) in [5, 5.41) is 12.0. The van der Waals surface area contributed by atoms with E-state index in [9.17, 15) is 4.79 Å². The Kier molecular flexibility index (Phi) is 5.93. The van der Waals surface area contributed by atoms with E-state index in [1.54, 1.807) is 12.4 Å². The molecule has 0 fully saturated rings. The van der Waals surface area contributed by atoms with Crippen molar-refractivity contribution in [3.05, 3.63) is 72.4 Å². The number of nitrogens with one attached hydrogen (secondary N) is 1. The van der Waals surface area contributed by atoms with Crippen molar-refractivity contribution in [3.63, 3.8) is 0 Å². The zero-order valence-electron chi connectivity index (χ0n) is 12.1. The van der Waals surface area contributed by atoms with Gasteiger partial charge in [0.15, 0.2) is 0 Å². The summed E-state index contributed by atoms with van der Waals surface area (Å²) >= 11 is 0. The Labute approximate surface area is 129 Å². The highest BCUT2D eigenvalue weighted by molar-refractivity contribution is 5.82. The van der Waals surface area contributed by atoms with Gasteiger partial charge in [-0.05, 0) is 36.3 Å². The number of carbonyl (C=O) groups is 1. The number of benzene rings is 2. The molecule has 4 nitrogen and oxygen atoms in total. The summed E-state index contributed by atoms with van der Waals surface area (Å²) in [4.78, 5) is 15.1. The Morgan fingerprint density at radius 2 is 1.64 bits per heavy atom. The highest BCUT2D eigenvalue weighted by Crippen LogP contribution is 2.12. The number of rotatable bonds is 7. The molecule has 4 heteroatoms. The van der Waals surface area contributed by atoms with Crippen molar-refractivity contribution in [2.24, 2.45) is 4.99 Å². The summed E-state index contributed by atoms with van der Waals surface area (Å²) < 4.78 is 0. The molecule has 0 aliphatic carbocycles. The molecule has 0 spiro atoms. The number of anilines is 1. The van der Waals surface area contributed by atoms with Crippen molar-refractivity contribution in [3.8, 4) is 0 Å². The van der Waals surface area contributed by atoms with Crippen LogP contribution >= 0.6 is 0 Å². The van der Waals surface area contributed by atoms with Crippen molar-refractivity contribution < 1.29 is 9.90 Å². The van der Waals surface area contributed by atoms with Gasteiger partial charge in [0.25, 0.3) is 0 Å². The van der Waals surface area contributed by atoms with Gasteiger partial charge >= 0.3 is 5.97 Å². The number of nitrogens with zero attached hydrogens (tertiary/aromatic N) is 1. The minimum Gasteiger partial charge on any atom is -0.481 e. The zero-order chi connectivity index (χ0) is 15.6. The zero-order valence-corrected chi connectivity index (χ0v) is 12.1. The topological polar surface area (TPSA) is 61.7 Å². The van der Waals surface area contributed by atoms with E-state index in [2.05, 4.69) is 10.3 Å². The first kappa shape index (κ1) is 15.5. The lowest BCUT2D eigenvalue weighted by molar-refractivity contribution is -0.136. The molecule has 0 saturated carbocycles. The van der Waals surface area contributed by atoms with E-state index in [1.165, 1.54) is 0 Å². The third-order valence-electron chi connectivity index (χ3n) is 2.96. The van der Waals surface area contributed by atoms with Crippen molar-refractivity contribution in [1.82, 2.24) is 0 Å². The van der Waals surface area contributed by atoms with Gasteiger partial charge < -0.3 is 10.4 Å². The highest BCUT2D eigenvalue weighted by atomic mass is 16.4. The lowest BCUT2D eigenvalue weighted by atomic mass is 10.1. The van der Waals surface area contributed by atoms with Crippen LogP contribution in [0, 0.1) is 0 Å². The van der Waals surface area contributed by atoms with Gasteiger partial charge in [0.2, 0.25) is 0 Å². The maximum absolute atomic E-state index is 10.8. The molecule has 0 aliphatic heterocycles. The fraction of sp³-hybridized carbons (Fsp3) is 0.111. The summed E-state index contributed by atoms with van der Waals surface area (Å²) in [7, 11) is 0. The Bertz CT molecular complexity index is 649. The minimum atomic E-state index is -0.821. The summed E-state index contributed by atoms with van der Waals surface area (Å²) in [5.41, 5.74) is 2.61. The predicted molar refractivity (Wildman–Crippen MR) is 89.6 cm³/mol. The van der Waals surface area contributed by atoms with Crippen LogP contribution in [0.25, 0.3) is 0 Å². The molecule has 0 bridgehead atoms. The number of allylic oxidation sites excluding steroid dienone is 1. The second-order valence-corrected chi connectivity index (χ2v) is 4.72. The van der Waals surface area contributed by atoms with Crippen molar-refractivity contribution >= 4 is 23.6 Å². The van der Waals surface area contributed by atoms with Gasteiger partial charge in [0, 0.05) is 24.5 Å². The number of hydrogen-bond acceptors (Lipinski definition) is 3. The van der Waals surface area contributed by atoms with Crippen LogP contribution < -0.4 is 5.32 Å². The van der Waals surface area contributed by atoms with Gasteiger partial charge in [-0.1, -0.05) is 36.4 Å². The highest BCUT2D eigenvalue weighted by Gasteiger charge is 2.00. The van der Waals surface area contributed by atoms with E-state index in [4.69, 9.17) is 5.11 Å². The quantitative estimate of drug-likeness (QED) is 0.750. The Morgan fingerprint density at radius 3 is 2.27 bits per heavy atom. The molecule has 0 atom stereocenters. The van der Waals surface area contributed by atoms with E-state index in [1.807, 2.05) is 60.7 Å². The van der Waals surface area contributed by atoms with Crippen molar-refractivity contribution in [2.75, 3.05) is 5.32 Å². The lowest BCUT2D eigenvalue weighted by Crippen LogP contribution is -1.99. The van der Waals surface area contributed by atoms with E-state index < -0.39 is 5.97 Å². The molecule has 0 heterocycles. The van der Waals surface area contributed by atoms with Crippen molar-refractivity contribution in [1.29, 1.82) is 0 Å². The van der Waals surface area contributed by atoms with Crippen LogP contribution in [0.4, 0.5) is 11.4 Å². The molecule has 2 N–H and O–H groups in total. The van der Waals surface area contributed by atoms with E-state index in [-0.39, 0.29) is 6.42 Å². The summed E-state index contributed by atoms with van der Waals surface area (Å²) in [5.74, 6) is -0.821. The molecular formula is C18H18N2O2. The molecule has 0 unspecified atom stereocenters. The normalized spacial score (nSPS) is 11.5. The summed E-state index contributed by atoms with van der Waals surface area (Å²) in [6, 6.07) is 19.3. The van der Waals surface area contributed by atoms with Crippen LogP contribution in [-0.4, -0.2) is 17.3 Å². The third-order valence-corrected chi connectivity index (χ3v) is 2.96. The van der Waals surface area contributed by atoms with Crippen LogP contribution in [0.3, 0.4) is 0 Å². The van der Waals surface area contributed by atoms with Crippen LogP contribution in [0.5, 0.6) is 0 Å². The standard InChI is InChI=1S/C18H18N2O2/c21-18(22)12-11-15(13-19-16-7-3-1-4-8-16)14-20-17-9-5-2-6-10-17/h1-10,13-14,19H,11-12H2,(H,21,22). The number of carboxylic acids is 1. The van der Waals surface area contributed by atoms with E-state index in [0.717, 1.165) is 16.9 Å². The van der Waals surface area contributed by atoms with Gasteiger partial charge in [-0.2, -0.15) is 0 Å². The molecule has 2 rings (SSSR count). The summed E-state index contributed by atoms with van der Waals surface area (Å²) in [6.45, 7) is 0. The molecule has 0 saturated heterocycles. The van der Waals surface area contributed by atoms with Gasteiger partial charge in [0.05, 0.1) is 5.69 Å². The average molecular weight is 294 g/mol. The third kappa shape index (κ3) is 5.63. The van der Waals surface area contributed by atoms with Crippen LogP contribution in [0.2, 0.25) is 0 Å². The largest absolute Gasteiger partial charge is 0.481 e. The molecule has 2 aromatic rings. The first-order chi connectivity index (χ1) is 10.7. The molecule has 0 amide bonds. The molecule has 2 aromatic carbocycles. The van der Waals surface area contributed by atoms with Gasteiger partial charge in [-0.15, -0.1) is 0 Å². The van der Waals surface area contributed by atoms with Crippen molar-refractivity contribution in [2.45, 2.75) is 12.8 Å². The molecule has 112 valence electrons. The smallest absolute Gasteiger partial charge is 0.303 e. The minimum absolute atomic E-state index is 0.0725. The monoisotopic (exact) mass is 294 g/mol. The number of aliphatic carboxylic acids is 1. The Balaban J connectivity index is 2.08. The van der Waals surface area contributed by atoms with Gasteiger partial charge in [0.1, 0.15) is 0 Å². The number of aliphatic imine (C=N–C) groups is 1. The number of carboxylic acid groups (broad SMARTS) is 1. The van der Waals surface area contributed by atoms with Crippen LogP contribution in [0.1, 0.15) is 12.8 Å². The van der Waals surface area contributed by atoms with Gasteiger partial charge in [-0.3, -0.25) is 9.79 Å². The second kappa shape index (κ2) is 8.42. The number of hydrogen-bond donors (Lipinski definition) is 2. The molecular weight excluding hydrogens is 276 g/mol.